The number of thiol groups is 1. The van der Waals surface area contributed by atoms with Crippen molar-refractivity contribution in [2.45, 2.75) is 58.3 Å². The predicted octanol–water partition coefficient (Wildman–Crippen LogP) is 6.72. The predicted molar refractivity (Wildman–Crippen MR) is 134 cm³/mol. The van der Waals surface area contributed by atoms with Gasteiger partial charge in [-0.1, -0.05) is 54.4 Å². The fraction of sp³-hybridized carbons (Fsp3) is 0.385. The molecule has 190 valence electrons. The van der Waals surface area contributed by atoms with Crippen molar-refractivity contribution in [1.82, 2.24) is 4.31 Å². The molecule has 0 radical (unpaired) electrons. The highest BCUT2D eigenvalue weighted by Gasteiger charge is 2.36. The van der Waals surface area contributed by atoms with Crippen LogP contribution in [0, 0.1) is 26.7 Å². The summed E-state index contributed by atoms with van der Waals surface area (Å²) in [4.78, 5) is 0.187. The molecule has 1 atom stereocenters. The maximum atomic E-state index is 14.1. The summed E-state index contributed by atoms with van der Waals surface area (Å²) in [6, 6.07) is 13.0. The maximum absolute atomic E-state index is 14.1. The Morgan fingerprint density at radius 3 is 2.20 bits per heavy atom. The van der Waals surface area contributed by atoms with Gasteiger partial charge in [-0.2, -0.15) is 30.1 Å². The zero-order valence-corrected chi connectivity index (χ0v) is 21.9. The van der Waals surface area contributed by atoms with Crippen LogP contribution in [0.25, 0.3) is 0 Å². The van der Waals surface area contributed by atoms with Gasteiger partial charge in [0.1, 0.15) is 5.76 Å². The fourth-order valence-electron chi connectivity index (χ4n) is 4.04. The van der Waals surface area contributed by atoms with Crippen molar-refractivity contribution >= 4 is 22.7 Å². The molecule has 1 heterocycles. The normalized spacial score (nSPS) is 13.4. The van der Waals surface area contributed by atoms with Crippen molar-refractivity contribution in [3.63, 3.8) is 0 Å². The average Bonchev–Trinajstić information content (AvgIpc) is 3.23. The largest absolute Gasteiger partial charge is 0.455 e. The van der Waals surface area contributed by atoms with Crippen LogP contribution >= 0.6 is 12.6 Å². The molecule has 0 aliphatic carbocycles. The summed E-state index contributed by atoms with van der Waals surface area (Å²) in [7, 11) is -4.10. The molecule has 1 aromatic heterocycles. The van der Waals surface area contributed by atoms with Gasteiger partial charge in [-0.3, -0.25) is 0 Å². The average molecular weight is 526 g/mol. The molecule has 0 spiro atoms. The van der Waals surface area contributed by atoms with Crippen LogP contribution in [-0.4, -0.2) is 18.5 Å². The number of sulfonamides is 1. The first-order valence-electron chi connectivity index (χ1n) is 11.2. The highest BCUT2D eigenvalue weighted by Crippen LogP contribution is 2.33. The first-order valence-corrected chi connectivity index (χ1v) is 13.3. The lowest BCUT2D eigenvalue weighted by Crippen LogP contribution is -2.31. The molecule has 35 heavy (non-hydrogen) atoms. The van der Waals surface area contributed by atoms with Crippen molar-refractivity contribution in [3.8, 4) is 0 Å². The minimum absolute atomic E-state index is 0.0143. The van der Waals surface area contributed by atoms with Crippen molar-refractivity contribution < 1.29 is 26.0 Å². The Labute approximate surface area is 210 Å². The molecule has 0 aliphatic heterocycles. The SMILES string of the molecule is Cc1ccc(CN(Cc2ccc(C(F)(F)F)o2)S(=O)(=O)c2c(C)cc(C)cc2CC(C)CS)cc1. The summed E-state index contributed by atoms with van der Waals surface area (Å²) >= 11 is 4.35. The van der Waals surface area contributed by atoms with E-state index in [1.807, 2.05) is 51.1 Å². The Morgan fingerprint density at radius 1 is 0.971 bits per heavy atom. The lowest BCUT2D eigenvalue weighted by Gasteiger charge is -2.25. The first kappa shape index (κ1) is 27.4. The lowest BCUT2D eigenvalue weighted by atomic mass is 9.99. The Balaban J connectivity index is 2.09. The highest BCUT2D eigenvalue weighted by molar-refractivity contribution is 7.89. The van der Waals surface area contributed by atoms with E-state index in [1.54, 1.807) is 13.0 Å². The van der Waals surface area contributed by atoms with E-state index in [0.29, 0.717) is 23.3 Å². The monoisotopic (exact) mass is 525 g/mol. The first-order chi connectivity index (χ1) is 16.3. The number of hydrogen-bond donors (Lipinski definition) is 1. The van der Waals surface area contributed by atoms with Gasteiger partial charge in [0.2, 0.25) is 15.8 Å². The minimum Gasteiger partial charge on any atom is -0.455 e. The van der Waals surface area contributed by atoms with Gasteiger partial charge < -0.3 is 4.42 Å². The fourth-order valence-corrected chi connectivity index (χ4v) is 5.99. The van der Waals surface area contributed by atoms with Crippen LogP contribution in [0.4, 0.5) is 13.2 Å². The number of nitrogens with zero attached hydrogens (tertiary/aromatic N) is 1. The summed E-state index contributed by atoms with van der Waals surface area (Å²) in [5.74, 6) is -0.511. The van der Waals surface area contributed by atoms with Gasteiger partial charge in [-0.25, -0.2) is 8.42 Å². The second-order valence-corrected chi connectivity index (χ2v) is 11.3. The number of alkyl halides is 3. The van der Waals surface area contributed by atoms with Crippen LogP contribution in [0.5, 0.6) is 0 Å². The number of benzene rings is 2. The third-order valence-electron chi connectivity index (χ3n) is 5.73. The van der Waals surface area contributed by atoms with Crippen LogP contribution in [-0.2, 0) is 35.7 Å². The van der Waals surface area contributed by atoms with Crippen molar-refractivity contribution in [2.24, 2.45) is 5.92 Å². The van der Waals surface area contributed by atoms with E-state index in [1.165, 1.54) is 10.4 Å². The topological polar surface area (TPSA) is 50.5 Å². The zero-order chi connectivity index (χ0) is 26.0. The summed E-state index contributed by atoms with van der Waals surface area (Å²) < 4.78 is 73.6. The van der Waals surface area contributed by atoms with Crippen molar-refractivity contribution in [3.05, 3.63) is 87.9 Å². The minimum atomic E-state index is -4.65. The Morgan fingerprint density at radius 2 is 1.63 bits per heavy atom. The summed E-state index contributed by atoms with van der Waals surface area (Å²) in [5.41, 5.74) is 3.94. The second-order valence-electron chi connectivity index (χ2n) is 9.08. The van der Waals surface area contributed by atoms with E-state index in [9.17, 15) is 21.6 Å². The van der Waals surface area contributed by atoms with Crippen LogP contribution in [0.3, 0.4) is 0 Å². The third-order valence-corrected chi connectivity index (χ3v) is 8.39. The molecule has 0 aliphatic rings. The van der Waals surface area contributed by atoms with Crippen LogP contribution in [0.1, 0.15) is 46.3 Å². The molecule has 0 amide bonds. The molecule has 3 aromatic rings. The summed E-state index contributed by atoms with van der Waals surface area (Å²) in [6.45, 7) is 7.22. The molecule has 2 aromatic carbocycles. The standard InChI is InChI=1S/C26H30F3NO3S2/c1-17-5-7-21(8-6-17)14-30(15-23-9-10-24(33-23)26(27,28)29)35(31,32)25-20(4)11-18(2)12-22(25)13-19(3)16-34/h5-12,19,34H,13-16H2,1-4H3. The zero-order valence-electron chi connectivity index (χ0n) is 20.2. The Bertz CT molecular complexity index is 1270. The molecular weight excluding hydrogens is 495 g/mol. The molecule has 0 saturated heterocycles. The van der Waals surface area contributed by atoms with Gasteiger partial charge in [0, 0.05) is 6.54 Å². The quantitative estimate of drug-likeness (QED) is 0.316. The van der Waals surface area contributed by atoms with Gasteiger partial charge >= 0.3 is 6.18 Å². The van der Waals surface area contributed by atoms with Crippen LogP contribution in [0.2, 0.25) is 0 Å². The highest BCUT2D eigenvalue weighted by atomic mass is 32.2. The number of aryl methyl sites for hydroxylation is 3. The molecule has 0 N–H and O–H groups in total. The van der Waals surface area contributed by atoms with E-state index in [4.69, 9.17) is 4.42 Å². The number of hydrogen-bond acceptors (Lipinski definition) is 4. The van der Waals surface area contributed by atoms with Crippen LogP contribution < -0.4 is 0 Å². The molecule has 4 nitrogen and oxygen atoms in total. The van der Waals surface area contributed by atoms with Gasteiger partial charge in [-0.05, 0) is 67.7 Å². The smallest absolute Gasteiger partial charge is 0.449 e. The van der Waals surface area contributed by atoms with Crippen LogP contribution in [0.15, 0.2) is 57.8 Å². The molecule has 1 unspecified atom stereocenters. The molecule has 0 bridgehead atoms. The lowest BCUT2D eigenvalue weighted by molar-refractivity contribution is -0.153. The maximum Gasteiger partial charge on any atom is 0.449 e. The van der Waals surface area contributed by atoms with E-state index < -0.39 is 22.0 Å². The second kappa shape index (κ2) is 10.8. The number of furan rings is 1. The molecule has 3 rings (SSSR count). The molecule has 9 heteroatoms. The number of halogens is 3. The summed E-state index contributed by atoms with van der Waals surface area (Å²) in [5, 5.41) is 0. The Hall–Kier alpha value is -2.23. The summed E-state index contributed by atoms with van der Waals surface area (Å²) in [6.07, 6.45) is -4.14. The third kappa shape index (κ3) is 6.71. The van der Waals surface area contributed by atoms with Gasteiger partial charge in [-0.15, -0.1) is 0 Å². The van der Waals surface area contributed by atoms with E-state index in [2.05, 4.69) is 12.6 Å². The Kier molecular flexibility index (Phi) is 8.44. The number of rotatable bonds is 9. The van der Waals surface area contributed by atoms with Gasteiger partial charge in [0.05, 0.1) is 11.4 Å². The molecule has 0 fully saturated rings. The van der Waals surface area contributed by atoms with Crippen molar-refractivity contribution in [1.29, 1.82) is 0 Å². The molecular formula is C26H30F3NO3S2. The van der Waals surface area contributed by atoms with Crippen molar-refractivity contribution in [2.75, 3.05) is 5.75 Å². The van der Waals surface area contributed by atoms with Gasteiger partial charge in [0.15, 0.2) is 0 Å². The molecule has 0 saturated carbocycles. The van der Waals surface area contributed by atoms with Gasteiger partial charge in [0.25, 0.3) is 0 Å². The van der Waals surface area contributed by atoms with E-state index in [-0.39, 0.29) is 29.7 Å². The van der Waals surface area contributed by atoms with E-state index >= 15 is 0 Å². The van der Waals surface area contributed by atoms with E-state index in [0.717, 1.165) is 22.8 Å².